The maximum Gasteiger partial charge on any atom is 0.0426 e. The monoisotopic (exact) mass is 327 g/mol. The SMILES string of the molecule is CNC(CC1CC2CCC1C2)c1sc(C)cc1Br. The molecule has 3 heteroatoms. The molecule has 1 aromatic rings. The van der Waals surface area contributed by atoms with Gasteiger partial charge in [-0.3, -0.25) is 0 Å². The van der Waals surface area contributed by atoms with Gasteiger partial charge in [0.05, 0.1) is 0 Å². The van der Waals surface area contributed by atoms with Gasteiger partial charge in [0.15, 0.2) is 0 Å². The van der Waals surface area contributed by atoms with Gasteiger partial charge in [-0.1, -0.05) is 6.42 Å². The summed E-state index contributed by atoms with van der Waals surface area (Å²) in [5, 5.41) is 3.54. The van der Waals surface area contributed by atoms with E-state index in [1.165, 1.54) is 46.3 Å². The highest BCUT2D eigenvalue weighted by Gasteiger charge is 2.40. The average molecular weight is 328 g/mol. The van der Waals surface area contributed by atoms with Crippen molar-refractivity contribution in [2.45, 2.75) is 45.1 Å². The summed E-state index contributed by atoms with van der Waals surface area (Å²) in [6, 6.07) is 2.80. The van der Waals surface area contributed by atoms with Crippen LogP contribution in [0, 0.1) is 24.7 Å². The highest BCUT2D eigenvalue weighted by Crippen LogP contribution is 2.51. The molecule has 1 nitrogen and oxygen atoms in total. The Hall–Kier alpha value is 0.140. The van der Waals surface area contributed by atoms with E-state index >= 15 is 0 Å². The fourth-order valence-corrected chi connectivity index (χ4v) is 6.11. The van der Waals surface area contributed by atoms with Crippen LogP contribution in [0.15, 0.2) is 10.5 Å². The number of aryl methyl sites for hydroxylation is 1. The summed E-state index contributed by atoms with van der Waals surface area (Å²) in [7, 11) is 2.11. The molecular formula is C15H22BrNS. The number of fused-ring (bicyclic) bond motifs is 2. The van der Waals surface area contributed by atoms with E-state index in [4.69, 9.17) is 0 Å². The normalized spacial score (nSPS) is 32.1. The molecule has 4 unspecified atom stereocenters. The van der Waals surface area contributed by atoms with Gasteiger partial charge in [-0.05, 0) is 79.4 Å². The molecule has 18 heavy (non-hydrogen) atoms. The summed E-state index contributed by atoms with van der Waals surface area (Å²) in [4.78, 5) is 2.91. The third-order valence-electron chi connectivity index (χ3n) is 4.92. The molecule has 0 radical (unpaired) electrons. The van der Waals surface area contributed by atoms with Gasteiger partial charge in [0, 0.05) is 20.3 Å². The number of halogens is 1. The molecule has 2 fully saturated rings. The lowest BCUT2D eigenvalue weighted by Crippen LogP contribution is -2.22. The van der Waals surface area contributed by atoms with Crippen LogP contribution in [0.3, 0.4) is 0 Å². The summed E-state index contributed by atoms with van der Waals surface area (Å²) in [6.07, 6.45) is 7.34. The molecule has 1 N–H and O–H groups in total. The lowest BCUT2D eigenvalue weighted by atomic mass is 9.84. The molecule has 2 aliphatic rings. The largest absolute Gasteiger partial charge is 0.312 e. The van der Waals surface area contributed by atoms with Crippen molar-refractivity contribution >= 4 is 27.3 Å². The average Bonchev–Trinajstić information content (AvgIpc) is 3.01. The van der Waals surface area contributed by atoms with E-state index in [1.54, 1.807) is 0 Å². The first-order valence-corrected chi connectivity index (χ1v) is 8.71. The molecular weight excluding hydrogens is 306 g/mol. The van der Waals surface area contributed by atoms with Crippen molar-refractivity contribution in [2.75, 3.05) is 7.05 Å². The van der Waals surface area contributed by atoms with Crippen LogP contribution < -0.4 is 5.32 Å². The molecule has 0 spiro atoms. The van der Waals surface area contributed by atoms with Gasteiger partial charge >= 0.3 is 0 Å². The molecule has 1 aromatic heterocycles. The molecule has 0 aromatic carbocycles. The fourth-order valence-electron chi connectivity index (χ4n) is 4.06. The Labute approximate surface area is 122 Å². The smallest absolute Gasteiger partial charge is 0.0426 e. The summed E-state index contributed by atoms with van der Waals surface area (Å²) >= 11 is 5.66. The molecule has 0 saturated heterocycles. The van der Waals surface area contributed by atoms with Gasteiger partial charge in [0.1, 0.15) is 0 Å². The maximum absolute atomic E-state index is 3.72. The Morgan fingerprint density at radius 3 is 2.78 bits per heavy atom. The van der Waals surface area contributed by atoms with Crippen molar-refractivity contribution < 1.29 is 0 Å². The van der Waals surface area contributed by atoms with Gasteiger partial charge in [-0.15, -0.1) is 11.3 Å². The van der Waals surface area contributed by atoms with Gasteiger partial charge in [-0.2, -0.15) is 0 Å². The van der Waals surface area contributed by atoms with Gasteiger partial charge in [0.2, 0.25) is 0 Å². The maximum atomic E-state index is 3.72. The van der Waals surface area contributed by atoms with Crippen molar-refractivity contribution in [3.8, 4) is 0 Å². The second kappa shape index (κ2) is 5.26. The molecule has 2 aliphatic carbocycles. The van der Waals surface area contributed by atoms with Gasteiger partial charge in [0.25, 0.3) is 0 Å². The van der Waals surface area contributed by atoms with Crippen LogP contribution in [0.4, 0.5) is 0 Å². The molecule has 3 rings (SSSR count). The zero-order valence-corrected chi connectivity index (χ0v) is 13.6. The van der Waals surface area contributed by atoms with Crippen LogP contribution in [0.2, 0.25) is 0 Å². The lowest BCUT2D eigenvalue weighted by Gasteiger charge is -2.26. The third kappa shape index (κ3) is 2.41. The predicted molar refractivity (Wildman–Crippen MR) is 82.1 cm³/mol. The van der Waals surface area contributed by atoms with Crippen molar-refractivity contribution in [1.82, 2.24) is 5.32 Å². The number of thiophene rings is 1. The lowest BCUT2D eigenvalue weighted by molar-refractivity contribution is 0.285. The third-order valence-corrected chi connectivity index (χ3v) is 7.01. The Bertz CT molecular complexity index is 428. The molecule has 1 heterocycles. The van der Waals surface area contributed by atoms with Gasteiger partial charge < -0.3 is 5.32 Å². The summed E-state index contributed by atoms with van der Waals surface area (Å²) < 4.78 is 1.30. The second-order valence-corrected chi connectivity index (χ2v) is 8.22. The highest BCUT2D eigenvalue weighted by atomic mass is 79.9. The Morgan fingerprint density at radius 1 is 1.44 bits per heavy atom. The standard InChI is InChI=1S/C15H22BrNS/c1-9-5-13(16)15(18-9)14(17-2)8-12-7-10-3-4-11(12)6-10/h5,10-12,14,17H,3-4,6-8H2,1-2H3. The van der Waals surface area contributed by atoms with Crippen LogP contribution in [0.25, 0.3) is 0 Å². The number of hydrogen-bond acceptors (Lipinski definition) is 2. The zero-order valence-electron chi connectivity index (χ0n) is 11.2. The minimum atomic E-state index is 0.544. The number of rotatable bonds is 4. The van der Waals surface area contributed by atoms with E-state index < -0.39 is 0 Å². The van der Waals surface area contributed by atoms with Gasteiger partial charge in [-0.25, -0.2) is 0 Å². The van der Waals surface area contributed by atoms with Crippen molar-refractivity contribution in [2.24, 2.45) is 17.8 Å². The second-order valence-electron chi connectivity index (χ2n) is 6.08. The van der Waals surface area contributed by atoms with E-state index in [-0.39, 0.29) is 0 Å². The minimum absolute atomic E-state index is 0.544. The van der Waals surface area contributed by atoms with Crippen LogP contribution in [-0.2, 0) is 0 Å². The topological polar surface area (TPSA) is 12.0 Å². The van der Waals surface area contributed by atoms with Crippen LogP contribution >= 0.6 is 27.3 Å². The Morgan fingerprint density at radius 2 is 2.28 bits per heavy atom. The van der Waals surface area contributed by atoms with Crippen molar-refractivity contribution in [3.63, 3.8) is 0 Å². The Balaban J connectivity index is 1.71. The summed E-state index contributed by atoms with van der Waals surface area (Å²) in [6.45, 7) is 2.20. The van der Waals surface area contributed by atoms with Crippen molar-refractivity contribution in [3.05, 3.63) is 20.3 Å². The summed E-state index contributed by atoms with van der Waals surface area (Å²) in [5.74, 6) is 3.06. The first kappa shape index (κ1) is 13.1. The first-order valence-electron chi connectivity index (χ1n) is 7.10. The predicted octanol–water partition coefficient (Wildman–Crippen LogP) is 4.91. The highest BCUT2D eigenvalue weighted by molar-refractivity contribution is 9.10. The summed E-state index contributed by atoms with van der Waals surface area (Å²) in [5.41, 5.74) is 0. The van der Waals surface area contributed by atoms with Crippen LogP contribution in [-0.4, -0.2) is 7.05 Å². The zero-order chi connectivity index (χ0) is 12.7. The Kier molecular flexibility index (Phi) is 3.84. The van der Waals surface area contributed by atoms with E-state index in [0.29, 0.717) is 6.04 Å². The fraction of sp³-hybridized carbons (Fsp3) is 0.733. The van der Waals surface area contributed by atoms with E-state index in [0.717, 1.165) is 17.8 Å². The quantitative estimate of drug-likeness (QED) is 0.828. The minimum Gasteiger partial charge on any atom is -0.312 e. The van der Waals surface area contributed by atoms with Crippen LogP contribution in [0.5, 0.6) is 0 Å². The molecule has 4 atom stereocenters. The van der Waals surface area contributed by atoms with E-state index in [9.17, 15) is 0 Å². The molecule has 2 bridgehead atoms. The van der Waals surface area contributed by atoms with E-state index in [1.807, 2.05) is 11.3 Å². The van der Waals surface area contributed by atoms with Crippen molar-refractivity contribution in [1.29, 1.82) is 0 Å². The van der Waals surface area contributed by atoms with E-state index in [2.05, 4.69) is 41.3 Å². The first-order chi connectivity index (χ1) is 8.67. The number of hydrogen-bond donors (Lipinski definition) is 1. The molecule has 2 saturated carbocycles. The van der Waals surface area contributed by atoms with Crippen LogP contribution in [0.1, 0.15) is 47.9 Å². The number of nitrogens with one attached hydrogen (secondary N) is 1. The molecule has 0 amide bonds. The molecule has 0 aliphatic heterocycles. The molecule has 100 valence electrons.